The average Bonchev–Trinajstić information content (AvgIpc) is 3.01. The largest absolute Gasteiger partial charge is 0.481 e. The summed E-state index contributed by atoms with van der Waals surface area (Å²) < 4.78 is 38.4. The van der Waals surface area contributed by atoms with Gasteiger partial charge < -0.3 is 14.2 Å². The summed E-state index contributed by atoms with van der Waals surface area (Å²) in [6.07, 6.45) is -0.605. The van der Waals surface area contributed by atoms with Crippen LogP contribution >= 0.6 is 0 Å². The molecule has 0 aliphatic carbocycles. The maximum absolute atomic E-state index is 12.3. The quantitative estimate of drug-likeness (QED) is 0.467. The summed E-state index contributed by atoms with van der Waals surface area (Å²) in [6.45, 7) is 5.05. The van der Waals surface area contributed by atoms with Crippen LogP contribution in [0.25, 0.3) is 0 Å². The van der Waals surface area contributed by atoms with E-state index in [0.717, 1.165) is 6.26 Å². The molecule has 1 amide bonds. The first-order chi connectivity index (χ1) is 13.6. The lowest BCUT2D eigenvalue weighted by Crippen LogP contribution is -2.47. The van der Waals surface area contributed by atoms with Gasteiger partial charge in [0.05, 0.1) is 13.2 Å². The number of esters is 1. The zero-order chi connectivity index (χ0) is 21.7. The van der Waals surface area contributed by atoms with E-state index in [0.29, 0.717) is 11.4 Å². The van der Waals surface area contributed by atoms with Gasteiger partial charge in [0, 0.05) is 18.4 Å². The van der Waals surface area contributed by atoms with Crippen LogP contribution in [0.15, 0.2) is 24.3 Å². The number of amides is 1. The minimum Gasteiger partial charge on any atom is -0.481 e. The second-order valence-electron chi connectivity index (χ2n) is 6.75. The molecule has 2 rings (SSSR count). The van der Waals surface area contributed by atoms with Crippen LogP contribution < -0.4 is 9.64 Å². The Bertz CT molecular complexity index is 914. The number of cyclic esters (lactones) is 1. The summed E-state index contributed by atoms with van der Waals surface area (Å²) in [6, 6.07) is 6.79. The summed E-state index contributed by atoms with van der Waals surface area (Å²) >= 11 is 0. The van der Waals surface area contributed by atoms with Crippen LogP contribution in [0, 0.1) is 11.8 Å². The Morgan fingerprint density at radius 3 is 2.55 bits per heavy atom. The Morgan fingerprint density at radius 2 is 2.00 bits per heavy atom. The van der Waals surface area contributed by atoms with Crippen LogP contribution in [-0.2, 0) is 24.1 Å². The smallest absolute Gasteiger partial charge is 0.414 e. The van der Waals surface area contributed by atoms with Gasteiger partial charge in [0.1, 0.15) is 18.5 Å². The average molecular weight is 423 g/mol. The zero-order valence-electron chi connectivity index (χ0n) is 16.9. The van der Waals surface area contributed by atoms with Crippen molar-refractivity contribution in [3.05, 3.63) is 24.3 Å². The molecule has 1 fully saturated rings. The second-order valence-corrected chi connectivity index (χ2v) is 9.20. The molecule has 0 N–H and O–H groups in total. The highest BCUT2D eigenvalue weighted by Gasteiger charge is 2.49. The molecule has 0 aromatic heterocycles. The van der Waals surface area contributed by atoms with Gasteiger partial charge in [-0.1, -0.05) is 5.92 Å². The molecule has 9 heteroatoms. The number of nitrogens with zero attached hydrogens (tertiary/aromatic N) is 1. The fourth-order valence-corrected chi connectivity index (χ4v) is 3.71. The highest BCUT2D eigenvalue weighted by Crippen LogP contribution is 2.31. The fourth-order valence-electron chi connectivity index (χ4n) is 2.86. The Kier molecular flexibility index (Phi) is 7.14. The van der Waals surface area contributed by atoms with Crippen LogP contribution in [-0.4, -0.2) is 57.3 Å². The van der Waals surface area contributed by atoms with Crippen molar-refractivity contribution in [2.75, 3.05) is 30.9 Å². The van der Waals surface area contributed by atoms with E-state index >= 15 is 0 Å². The van der Waals surface area contributed by atoms with Crippen LogP contribution in [0.1, 0.15) is 27.2 Å². The van der Waals surface area contributed by atoms with Crippen LogP contribution in [0.3, 0.4) is 0 Å². The molecule has 1 heterocycles. The minimum atomic E-state index is -3.80. The van der Waals surface area contributed by atoms with Gasteiger partial charge in [-0.3, -0.25) is 9.69 Å². The number of benzene rings is 1. The predicted molar refractivity (Wildman–Crippen MR) is 108 cm³/mol. The molecule has 8 nitrogen and oxygen atoms in total. The van der Waals surface area contributed by atoms with Crippen molar-refractivity contribution in [3.8, 4) is 17.6 Å². The third-order valence-electron chi connectivity index (χ3n) is 4.65. The lowest BCUT2D eigenvalue weighted by atomic mass is 10.0. The molecule has 29 heavy (non-hydrogen) atoms. The molecule has 0 radical (unpaired) electrons. The van der Waals surface area contributed by atoms with E-state index in [1.54, 1.807) is 38.1 Å². The summed E-state index contributed by atoms with van der Waals surface area (Å²) in [5.74, 6) is 5.27. The van der Waals surface area contributed by atoms with Crippen LogP contribution in [0.5, 0.6) is 5.75 Å². The van der Waals surface area contributed by atoms with Gasteiger partial charge in [0.15, 0.2) is 14.6 Å². The topological polar surface area (TPSA) is 99.2 Å². The molecular formula is C20H25NO7S. The third kappa shape index (κ3) is 5.21. The zero-order valence-corrected chi connectivity index (χ0v) is 17.7. The molecule has 158 valence electrons. The lowest BCUT2D eigenvalue weighted by molar-refractivity contribution is -0.146. The van der Waals surface area contributed by atoms with Crippen molar-refractivity contribution in [2.24, 2.45) is 0 Å². The maximum Gasteiger partial charge on any atom is 0.414 e. The van der Waals surface area contributed by atoms with E-state index in [1.165, 1.54) is 11.8 Å². The first-order valence-electron chi connectivity index (χ1n) is 9.09. The molecular weight excluding hydrogens is 398 g/mol. The molecule has 2 atom stereocenters. The molecule has 1 aliphatic heterocycles. The Labute approximate surface area is 171 Å². The number of carbonyl (C=O) groups is 2. The van der Waals surface area contributed by atoms with E-state index in [2.05, 4.69) is 11.8 Å². The first-order valence-corrected chi connectivity index (χ1v) is 11.0. The molecule has 1 saturated heterocycles. The number of hydrogen-bond acceptors (Lipinski definition) is 7. The monoisotopic (exact) mass is 423 g/mol. The van der Waals surface area contributed by atoms with Gasteiger partial charge in [-0.2, -0.15) is 0 Å². The van der Waals surface area contributed by atoms with Gasteiger partial charge >= 0.3 is 12.1 Å². The standard InChI is InChI=1S/C20H25NO7S/c1-5-7-12-27-16-10-8-15(9-11-16)21-14-17(28-19(21)23)13-20(3,29(4,24)25)18(22)26-6-2/h8-11,17H,6,12-14H2,1-4H3. The minimum absolute atomic E-state index is 0.0543. The van der Waals surface area contributed by atoms with Gasteiger partial charge in [0.2, 0.25) is 0 Å². The van der Waals surface area contributed by atoms with Crippen molar-refractivity contribution in [1.82, 2.24) is 0 Å². The number of hydrogen-bond donors (Lipinski definition) is 0. The van der Waals surface area contributed by atoms with Crippen LogP contribution in [0.2, 0.25) is 0 Å². The van der Waals surface area contributed by atoms with Crippen molar-refractivity contribution in [3.63, 3.8) is 0 Å². The molecule has 0 spiro atoms. The van der Waals surface area contributed by atoms with Gasteiger partial charge in [-0.25, -0.2) is 13.2 Å². The molecule has 1 aromatic carbocycles. The first kappa shape index (κ1) is 22.6. The SMILES string of the molecule is CC#CCOc1ccc(N2CC(CC(C)(C(=O)OCC)S(C)(=O)=O)OC2=O)cc1. The number of carbonyl (C=O) groups excluding carboxylic acids is 2. The van der Waals surface area contributed by atoms with E-state index < -0.39 is 32.8 Å². The number of sulfone groups is 1. The summed E-state index contributed by atoms with van der Waals surface area (Å²) in [5, 5.41) is 0. The van der Waals surface area contributed by atoms with Crippen molar-refractivity contribution >= 4 is 27.6 Å². The molecule has 0 bridgehead atoms. The Balaban J connectivity index is 2.12. The summed E-state index contributed by atoms with van der Waals surface area (Å²) in [7, 11) is -3.80. The van der Waals surface area contributed by atoms with E-state index in [-0.39, 0.29) is 26.2 Å². The van der Waals surface area contributed by atoms with E-state index in [1.807, 2.05) is 0 Å². The number of rotatable bonds is 8. The highest BCUT2D eigenvalue weighted by atomic mass is 32.2. The molecule has 1 aliphatic rings. The predicted octanol–water partition coefficient (Wildman–Crippen LogP) is 2.17. The van der Waals surface area contributed by atoms with Gasteiger partial charge in [0.25, 0.3) is 0 Å². The van der Waals surface area contributed by atoms with Crippen molar-refractivity contribution < 1.29 is 32.2 Å². The van der Waals surface area contributed by atoms with Crippen molar-refractivity contribution in [1.29, 1.82) is 0 Å². The Hall–Kier alpha value is -2.73. The van der Waals surface area contributed by atoms with E-state index in [9.17, 15) is 18.0 Å². The number of anilines is 1. The van der Waals surface area contributed by atoms with Gasteiger partial charge in [-0.15, -0.1) is 5.92 Å². The summed E-state index contributed by atoms with van der Waals surface area (Å²) in [4.78, 5) is 26.0. The molecule has 1 aromatic rings. The second kappa shape index (κ2) is 9.18. The highest BCUT2D eigenvalue weighted by molar-refractivity contribution is 7.92. The summed E-state index contributed by atoms with van der Waals surface area (Å²) in [5.41, 5.74) is 0.573. The van der Waals surface area contributed by atoms with Crippen LogP contribution in [0.4, 0.5) is 10.5 Å². The third-order valence-corrected chi connectivity index (χ3v) is 6.62. The fraction of sp³-hybridized carbons (Fsp3) is 0.500. The maximum atomic E-state index is 12.3. The number of ether oxygens (including phenoxy) is 3. The molecule has 2 unspecified atom stereocenters. The van der Waals surface area contributed by atoms with Gasteiger partial charge in [-0.05, 0) is 45.0 Å². The normalized spacial score (nSPS) is 18.3. The molecule has 0 saturated carbocycles. The Morgan fingerprint density at radius 1 is 1.34 bits per heavy atom. The van der Waals surface area contributed by atoms with Crippen molar-refractivity contribution in [2.45, 2.75) is 38.0 Å². The van der Waals surface area contributed by atoms with E-state index in [4.69, 9.17) is 14.2 Å². The lowest BCUT2D eigenvalue weighted by Gasteiger charge is -2.27.